The molecule has 1 heterocycles. The number of carbonyl (C=O) groups excluding carboxylic acids is 2. The van der Waals surface area contributed by atoms with Crippen molar-refractivity contribution in [3.63, 3.8) is 0 Å². The fourth-order valence-electron chi connectivity index (χ4n) is 5.72. The maximum absolute atomic E-state index is 13.6. The van der Waals surface area contributed by atoms with Gasteiger partial charge >= 0.3 is 5.97 Å². The van der Waals surface area contributed by atoms with Crippen LogP contribution >= 0.6 is 12.4 Å². The van der Waals surface area contributed by atoms with Crippen LogP contribution in [0.15, 0.2) is 54.6 Å². The summed E-state index contributed by atoms with van der Waals surface area (Å²) >= 11 is 0. The number of carboxylic acid groups (broad SMARTS) is 1. The molecule has 4 rings (SSSR count). The molecule has 2 aromatic carbocycles. The minimum absolute atomic E-state index is 0. The highest BCUT2D eigenvalue weighted by molar-refractivity contribution is 5.91. The summed E-state index contributed by atoms with van der Waals surface area (Å²) in [6.45, 7) is 4.34. The molecule has 0 radical (unpaired) electrons. The first kappa shape index (κ1) is 28.7. The number of nitrogens with zero attached hydrogens (tertiary/aromatic N) is 1. The topological polar surface area (TPSA) is 113 Å². The third-order valence-corrected chi connectivity index (χ3v) is 7.82. The number of likely N-dealkylation sites (tertiary alicyclic amines) is 1. The van der Waals surface area contributed by atoms with Gasteiger partial charge in [0.25, 0.3) is 0 Å². The lowest BCUT2D eigenvalue weighted by atomic mass is 9.73. The molecule has 4 N–H and O–H groups in total. The van der Waals surface area contributed by atoms with Gasteiger partial charge < -0.3 is 21.1 Å². The summed E-state index contributed by atoms with van der Waals surface area (Å²) in [5.74, 6) is -1.72. The minimum atomic E-state index is -1.08. The van der Waals surface area contributed by atoms with E-state index in [0.29, 0.717) is 38.8 Å². The Morgan fingerprint density at radius 2 is 1.70 bits per heavy atom. The zero-order chi connectivity index (χ0) is 25.9. The Labute approximate surface area is 225 Å². The fraction of sp³-hybridized carbons (Fsp3) is 0.483. The van der Waals surface area contributed by atoms with Gasteiger partial charge in [-0.15, -0.1) is 12.4 Å². The maximum atomic E-state index is 13.6. The van der Waals surface area contributed by atoms with E-state index in [2.05, 4.69) is 17.4 Å². The van der Waals surface area contributed by atoms with E-state index in [0.717, 1.165) is 24.0 Å². The number of benzene rings is 2. The highest BCUT2D eigenvalue weighted by Gasteiger charge is 2.48. The van der Waals surface area contributed by atoms with Crippen LogP contribution in [0.5, 0.6) is 0 Å². The van der Waals surface area contributed by atoms with Crippen LogP contribution in [-0.2, 0) is 26.2 Å². The first-order chi connectivity index (χ1) is 17.1. The number of piperidine rings is 1. The highest BCUT2D eigenvalue weighted by atomic mass is 35.5. The molecule has 1 fully saturated rings. The second kappa shape index (κ2) is 11.7. The Morgan fingerprint density at radius 3 is 2.32 bits per heavy atom. The van der Waals surface area contributed by atoms with Crippen LogP contribution in [0.25, 0.3) is 0 Å². The lowest BCUT2D eigenvalue weighted by Crippen LogP contribution is -2.57. The van der Waals surface area contributed by atoms with Crippen LogP contribution in [0.1, 0.15) is 68.6 Å². The van der Waals surface area contributed by atoms with Crippen LogP contribution in [0.2, 0.25) is 0 Å². The van der Waals surface area contributed by atoms with Gasteiger partial charge in [0.2, 0.25) is 11.8 Å². The number of amides is 2. The second-order valence-corrected chi connectivity index (χ2v) is 10.9. The zero-order valence-corrected chi connectivity index (χ0v) is 22.4. The van der Waals surface area contributed by atoms with E-state index in [1.54, 1.807) is 13.8 Å². The van der Waals surface area contributed by atoms with Gasteiger partial charge in [-0.2, -0.15) is 0 Å². The monoisotopic (exact) mass is 527 g/mol. The summed E-state index contributed by atoms with van der Waals surface area (Å²) in [5.41, 5.74) is 7.91. The molecule has 1 spiro atoms. The molecule has 37 heavy (non-hydrogen) atoms. The van der Waals surface area contributed by atoms with Crippen molar-refractivity contribution in [3.8, 4) is 0 Å². The summed E-state index contributed by atoms with van der Waals surface area (Å²) in [7, 11) is 0. The molecular weight excluding hydrogens is 490 g/mol. The van der Waals surface area contributed by atoms with Crippen molar-refractivity contribution in [2.75, 3.05) is 13.1 Å². The van der Waals surface area contributed by atoms with E-state index in [1.165, 1.54) is 5.56 Å². The molecule has 2 amide bonds. The molecule has 2 aromatic rings. The molecule has 1 aliphatic heterocycles. The lowest BCUT2D eigenvalue weighted by molar-refractivity contribution is -0.140. The Balaban J connectivity index is 0.00000380. The summed E-state index contributed by atoms with van der Waals surface area (Å²) in [4.78, 5) is 40.0. The summed E-state index contributed by atoms with van der Waals surface area (Å²) in [6, 6.07) is 17.3. The summed E-state index contributed by atoms with van der Waals surface area (Å²) < 4.78 is 0. The third kappa shape index (κ3) is 6.33. The zero-order valence-electron chi connectivity index (χ0n) is 21.6. The van der Waals surface area contributed by atoms with Gasteiger partial charge in [0.15, 0.2) is 0 Å². The molecule has 0 unspecified atom stereocenters. The maximum Gasteiger partial charge on any atom is 0.311 e. The molecule has 8 heteroatoms. The standard InChI is InChI=1S/C29H37N3O4.ClH/c1-28(2,30)27(36)31-24(14-8-11-20-9-4-3-5-10-20)25(33)32-17-15-29(16-18-32)19-22(26(34)35)21-12-6-7-13-23(21)29;/h3-7,9-10,12-13,22,24H,8,11,14-19,30H2,1-2H3,(H,31,36)(H,34,35);1H/t22-,24+;/m0./s1. The van der Waals surface area contributed by atoms with Crippen LogP contribution in [0.4, 0.5) is 0 Å². The number of nitrogens with one attached hydrogen (secondary N) is 1. The van der Waals surface area contributed by atoms with Gasteiger partial charge in [-0.25, -0.2) is 0 Å². The molecule has 2 atom stereocenters. The molecule has 0 saturated carbocycles. The fourth-order valence-corrected chi connectivity index (χ4v) is 5.72. The number of aliphatic carboxylic acids is 1. The molecular formula is C29H38ClN3O4. The normalized spacial score (nSPS) is 19.0. The van der Waals surface area contributed by atoms with Crippen LogP contribution in [-0.4, -0.2) is 52.5 Å². The van der Waals surface area contributed by atoms with Gasteiger partial charge in [-0.3, -0.25) is 14.4 Å². The van der Waals surface area contributed by atoms with E-state index < -0.39 is 23.5 Å². The predicted molar refractivity (Wildman–Crippen MR) is 146 cm³/mol. The predicted octanol–water partition coefficient (Wildman–Crippen LogP) is 3.79. The Hall–Kier alpha value is -2.90. The average molecular weight is 528 g/mol. The van der Waals surface area contributed by atoms with Crippen LogP contribution in [0.3, 0.4) is 0 Å². The summed E-state index contributed by atoms with van der Waals surface area (Å²) in [5, 5.41) is 12.7. The number of rotatable bonds is 8. The largest absolute Gasteiger partial charge is 0.481 e. The van der Waals surface area contributed by atoms with Crippen LogP contribution < -0.4 is 11.1 Å². The van der Waals surface area contributed by atoms with E-state index in [9.17, 15) is 19.5 Å². The van der Waals surface area contributed by atoms with Gasteiger partial charge in [-0.1, -0.05) is 54.6 Å². The molecule has 7 nitrogen and oxygen atoms in total. The SMILES string of the molecule is CC(C)(N)C(=O)N[C@H](CCCc1ccccc1)C(=O)N1CCC2(CC1)C[C@H](C(=O)O)c1ccccc12.Cl. The molecule has 1 saturated heterocycles. The first-order valence-electron chi connectivity index (χ1n) is 12.9. The van der Waals surface area contributed by atoms with Gasteiger partial charge in [0.1, 0.15) is 6.04 Å². The van der Waals surface area contributed by atoms with Gasteiger partial charge in [0, 0.05) is 18.5 Å². The second-order valence-electron chi connectivity index (χ2n) is 10.9. The third-order valence-electron chi connectivity index (χ3n) is 7.82. The van der Waals surface area contributed by atoms with Crippen molar-refractivity contribution in [3.05, 3.63) is 71.3 Å². The molecule has 0 aromatic heterocycles. The molecule has 0 bridgehead atoms. The quantitative estimate of drug-likeness (QED) is 0.483. The van der Waals surface area contributed by atoms with E-state index >= 15 is 0 Å². The molecule has 2 aliphatic rings. The van der Waals surface area contributed by atoms with Crippen molar-refractivity contribution in [1.29, 1.82) is 0 Å². The number of carboxylic acids is 1. The van der Waals surface area contributed by atoms with Crippen molar-refractivity contribution in [2.24, 2.45) is 5.73 Å². The Kier molecular flexibility index (Phi) is 9.03. The minimum Gasteiger partial charge on any atom is -0.481 e. The van der Waals surface area contributed by atoms with Crippen molar-refractivity contribution < 1.29 is 19.5 Å². The number of halogens is 1. The number of hydrogen-bond acceptors (Lipinski definition) is 4. The van der Waals surface area contributed by atoms with E-state index in [-0.39, 0.29) is 29.6 Å². The summed E-state index contributed by atoms with van der Waals surface area (Å²) in [6.07, 6.45) is 4.11. The van der Waals surface area contributed by atoms with Crippen molar-refractivity contribution >= 4 is 30.2 Å². The van der Waals surface area contributed by atoms with E-state index in [1.807, 2.05) is 47.4 Å². The number of aryl methyl sites for hydroxylation is 1. The van der Waals surface area contributed by atoms with Gasteiger partial charge in [0.05, 0.1) is 11.5 Å². The number of hydrogen-bond donors (Lipinski definition) is 3. The smallest absolute Gasteiger partial charge is 0.311 e. The van der Waals surface area contributed by atoms with Gasteiger partial charge in [-0.05, 0) is 69.1 Å². The van der Waals surface area contributed by atoms with Crippen molar-refractivity contribution in [2.45, 2.75) is 75.3 Å². The van der Waals surface area contributed by atoms with Crippen molar-refractivity contribution in [1.82, 2.24) is 10.2 Å². The molecule has 1 aliphatic carbocycles. The Bertz CT molecular complexity index is 1110. The number of fused-ring (bicyclic) bond motifs is 2. The first-order valence-corrected chi connectivity index (χ1v) is 12.9. The highest BCUT2D eigenvalue weighted by Crippen LogP contribution is 2.51. The lowest BCUT2D eigenvalue weighted by Gasteiger charge is -2.41. The Morgan fingerprint density at radius 1 is 1.08 bits per heavy atom. The average Bonchev–Trinajstić information content (AvgIpc) is 3.18. The number of nitrogens with two attached hydrogens (primary N) is 1. The van der Waals surface area contributed by atoms with E-state index in [4.69, 9.17) is 5.73 Å². The van der Waals surface area contributed by atoms with Crippen LogP contribution in [0, 0.1) is 0 Å². The molecule has 200 valence electrons. The number of carbonyl (C=O) groups is 3.